The van der Waals surface area contributed by atoms with Crippen LogP contribution < -0.4 is 26.6 Å². The van der Waals surface area contributed by atoms with Gasteiger partial charge in [0.25, 0.3) is 0 Å². The lowest BCUT2D eigenvalue weighted by Crippen LogP contribution is -2.70. The van der Waals surface area contributed by atoms with Gasteiger partial charge in [-0.1, -0.05) is 0 Å². The summed E-state index contributed by atoms with van der Waals surface area (Å²) in [6.07, 6.45) is -20.7. The fourth-order valence-electron chi connectivity index (χ4n) is 7.63. The van der Waals surface area contributed by atoms with Crippen LogP contribution >= 0.6 is 24.4 Å². The lowest BCUT2D eigenvalue weighted by molar-refractivity contribution is -0.313. The molecule has 3 fully saturated rings. The van der Waals surface area contributed by atoms with E-state index in [1.165, 1.54) is 11.8 Å². The predicted molar refractivity (Wildman–Crippen MR) is 269 cm³/mol. The fraction of sp³-hybridized carbons (Fsp3) is 0.894. The summed E-state index contributed by atoms with van der Waals surface area (Å²) in [5, 5.41) is 60.8. The minimum atomic E-state index is -1.93. The van der Waals surface area contributed by atoms with Gasteiger partial charge in [0.15, 0.2) is 12.6 Å². The Morgan fingerprint density at radius 1 is 0.534 bits per heavy atom. The first kappa shape index (κ1) is 64.0. The van der Waals surface area contributed by atoms with Crippen LogP contribution in [0.5, 0.6) is 0 Å². The molecule has 2 unspecified atom stereocenters. The molecule has 0 bridgehead atoms. The summed E-state index contributed by atoms with van der Waals surface area (Å²) in [7, 11) is 0. The monoisotopic (exact) mass is 1090 g/mol. The number of nitrogens with one attached hydrogen (secondary N) is 5. The van der Waals surface area contributed by atoms with Gasteiger partial charge >= 0.3 is 30.5 Å². The number of ether oxygens (including phenoxy) is 10. The third-order valence-corrected chi connectivity index (χ3v) is 11.6. The van der Waals surface area contributed by atoms with Crippen molar-refractivity contribution in [3.63, 3.8) is 0 Å². The first-order valence-electron chi connectivity index (χ1n) is 24.5. The van der Waals surface area contributed by atoms with Crippen LogP contribution in [0.3, 0.4) is 0 Å². The van der Waals surface area contributed by atoms with E-state index in [0.29, 0.717) is 24.7 Å². The van der Waals surface area contributed by atoms with E-state index in [4.69, 9.17) is 47.4 Å². The highest BCUT2D eigenvalue weighted by Gasteiger charge is 2.54. The first-order chi connectivity index (χ1) is 33.4. The molecule has 0 aromatic heterocycles. The van der Waals surface area contributed by atoms with Gasteiger partial charge in [0, 0.05) is 30.2 Å². The summed E-state index contributed by atoms with van der Waals surface area (Å²) in [4.78, 5) is 66.4. The van der Waals surface area contributed by atoms with Crippen LogP contribution in [0.4, 0.5) is 24.0 Å². The summed E-state index contributed by atoms with van der Waals surface area (Å²) in [6.45, 7) is 25.1. The summed E-state index contributed by atoms with van der Waals surface area (Å²) in [5.41, 5.74) is -4.81. The minimum absolute atomic E-state index is 0.103. The van der Waals surface area contributed by atoms with Gasteiger partial charge in [0.05, 0.1) is 49.6 Å². The van der Waals surface area contributed by atoms with Crippen LogP contribution in [-0.4, -0.2) is 201 Å². The molecule has 9 N–H and O–H groups in total. The van der Waals surface area contributed by atoms with Crippen LogP contribution in [0.1, 0.15) is 117 Å². The van der Waals surface area contributed by atoms with Gasteiger partial charge in [0.1, 0.15) is 64.6 Å². The third-order valence-electron chi connectivity index (χ3n) is 10.3. The van der Waals surface area contributed by atoms with Crippen LogP contribution in [0, 0.1) is 0 Å². The average molecular weight is 1090 g/mol. The zero-order chi connectivity index (χ0) is 55.4. The van der Waals surface area contributed by atoms with E-state index in [1.807, 2.05) is 0 Å². The van der Waals surface area contributed by atoms with Gasteiger partial charge in [-0.15, -0.1) is 0 Å². The molecular formula is C47H85N5O19S2. The Bertz CT molecular complexity index is 1790. The Balaban J connectivity index is 2.16. The molecule has 0 spiro atoms. The van der Waals surface area contributed by atoms with E-state index in [1.54, 1.807) is 104 Å². The van der Waals surface area contributed by atoms with Gasteiger partial charge < -0.3 is 94.4 Å². The van der Waals surface area contributed by atoms with Crippen LogP contribution in [0.25, 0.3) is 0 Å². The Morgan fingerprint density at radius 3 is 1.42 bits per heavy atom. The Hall–Kier alpha value is -3.31. The highest BCUT2D eigenvalue weighted by Crippen LogP contribution is 2.34. The van der Waals surface area contributed by atoms with Crippen molar-refractivity contribution in [2.24, 2.45) is 0 Å². The molecule has 2 saturated heterocycles. The van der Waals surface area contributed by atoms with E-state index in [-0.39, 0.29) is 25.1 Å². The smallest absolute Gasteiger partial charge is 0.408 e. The molecule has 1 aliphatic carbocycles. The van der Waals surface area contributed by atoms with Crippen molar-refractivity contribution in [2.45, 2.75) is 230 Å². The zero-order valence-corrected chi connectivity index (χ0v) is 46.7. The normalized spacial score (nSPS) is 30.2. The van der Waals surface area contributed by atoms with Crippen LogP contribution in [0.2, 0.25) is 0 Å². The standard InChI is InChI=1S/C47H85N5O19S2/c1-43(2,3)67-38(57)48-22-28-27(53)21-26(51-41(60)70-46(10,11)12)36(63-28)65-34-24(49-39(58)68-44(4,5)6)20-25(50-40(59)69-45(7,8)9)35(33(34)56)66-37-32(55)30(52-42(61)71-47(13,14)15)31(54)29(64-37)23-73-19-17-62-16-18-72/h24-37,53-56,72H,16-23H2,1-15H3,(H,48,57)(H,49,58)(H,50,59)(H,51,60)(H,52,61)/t24-,25+,26+,27?,28?,29+,30-,31+,32+,33-,34+,35-,36+,37+/m0/s1. The second kappa shape index (κ2) is 27.1. The van der Waals surface area contributed by atoms with Gasteiger partial charge in [-0.2, -0.15) is 24.4 Å². The number of aliphatic hydroxyl groups is 4. The molecule has 14 atom stereocenters. The number of thiol groups is 1. The van der Waals surface area contributed by atoms with Gasteiger partial charge in [0.2, 0.25) is 0 Å². The second-order valence-electron chi connectivity index (χ2n) is 23.0. The number of carbonyl (C=O) groups excluding carboxylic acids is 5. The Kier molecular flexibility index (Phi) is 23.8. The predicted octanol–water partition coefficient (Wildman–Crippen LogP) is 3.22. The lowest BCUT2D eigenvalue weighted by atomic mass is 9.83. The number of hydrogen-bond acceptors (Lipinski definition) is 21. The lowest BCUT2D eigenvalue weighted by Gasteiger charge is -2.49. The summed E-state index contributed by atoms with van der Waals surface area (Å²) < 4.78 is 58.7. The quantitative estimate of drug-likeness (QED) is 0.0568. The number of aliphatic hydroxyl groups excluding tert-OH is 4. The fourth-order valence-corrected chi connectivity index (χ4v) is 8.67. The highest BCUT2D eigenvalue weighted by atomic mass is 32.2. The maximum absolute atomic E-state index is 13.6. The minimum Gasteiger partial charge on any atom is -0.444 e. The molecule has 73 heavy (non-hydrogen) atoms. The molecule has 0 aromatic carbocycles. The summed E-state index contributed by atoms with van der Waals surface area (Å²) in [6, 6.07) is -5.26. The number of carbonyl (C=O) groups is 5. The van der Waals surface area contributed by atoms with Crippen molar-refractivity contribution in [2.75, 3.05) is 37.0 Å². The van der Waals surface area contributed by atoms with Crippen LogP contribution in [-0.2, 0) is 47.4 Å². The average Bonchev–Trinajstić information content (AvgIpc) is 3.18. The molecule has 3 rings (SSSR count). The molecule has 24 nitrogen and oxygen atoms in total. The maximum Gasteiger partial charge on any atom is 0.408 e. The van der Waals surface area contributed by atoms with Crippen molar-refractivity contribution in [3.8, 4) is 0 Å². The van der Waals surface area contributed by atoms with Crippen molar-refractivity contribution in [1.82, 2.24) is 26.6 Å². The SMILES string of the molecule is CC(C)(C)OC(=O)NCC1O[C@H](O[C@H]2[C@H](O)[C@@H](O[C@H]3O[C@H](CSCCOCCS)[C@@H](O)[C@H](NC(=O)OC(C)(C)C)[C@H]3O)[C@H](NC(=O)OC(C)(C)C)C[C@@H]2NC(=O)OC(C)(C)C)[C@H](NC(=O)OC(C)(C)C)CC1O. The Labute approximate surface area is 439 Å². The molecule has 1 saturated carbocycles. The van der Waals surface area contributed by atoms with Crippen molar-refractivity contribution in [3.05, 3.63) is 0 Å². The summed E-state index contributed by atoms with van der Waals surface area (Å²) in [5.74, 6) is 1.08. The van der Waals surface area contributed by atoms with E-state index in [2.05, 4.69) is 39.2 Å². The van der Waals surface area contributed by atoms with E-state index in [9.17, 15) is 44.4 Å². The van der Waals surface area contributed by atoms with Gasteiger partial charge in [-0.3, -0.25) is 0 Å². The number of amides is 5. The van der Waals surface area contributed by atoms with E-state index < -0.39 is 144 Å². The van der Waals surface area contributed by atoms with E-state index in [0.717, 1.165) is 0 Å². The molecule has 424 valence electrons. The number of rotatable bonds is 17. The molecule has 3 aliphatic rings. The first-order valence-corrected chi connectivity index (χ1v) is 26.3. The molecular weight excluding hydrogens is 1000 g/mol. The van der Waals surface area contributed by atoms with Crippen LogP contribution in [0.15, 0.2) is 0 Å². The molecule has 5 amide bonds. The number of alkyl carbamates (subject to hydrolysis) is 5. The number of thioether (sulfide) groups is 1. The second-order valence-corrected chi connectivity index (χ2v) is 24.6. The summed E-state index contributed by atoms with van der Waals surface area (Å²) >= 11 is 5.50. The Morgan fingerprint density at radius 2 is 0.959 bits per heavy atom. The molecule has 2 heterocycles. The largest absolute Gasteiger partial charge is 0.444 e. The van der Waals surface area contributed by atoms with Crippen molar-refractivity contribution < 1.29 is 91.8 Å². The van der Waals surface area contributed by atoms with Crippen molar-refractivity contribution in [1.29, 1.82) is 0 Å². The third kappa shape index (κ3) is 23.2. The topological polar surface area (TPSA) is 319 Å². The molecule has 0 radical (unpaired) electrons. The van der Waals surface area contributed by atoms with Gasteiger partial charge in [-0.05, 0) is 110 Å². The van der Waals surface area contributed by atoms with E-state index >= 15 is 0 Å². The molecule has 26 heteroatoms. The highest BCUT2D eigenvalue weighted by molar-refractivity contribution is 7.99. The molecule has 2 aliphatic heterocycles. The van der Waals surface area contributed by atoms with Gasteiger partial charge in [-0.25, -0.2) is 24.0 Å². The maximum atomic E-state index is 13.6. The molecule has 0 aromatic rings. The zero-order valence-electron chi connectivity index (χ0n) is 45.0. The number of hydrogen-bond donors (Lipinski definition) is 10. The van der Waals surface area contributed by atoms with Crippen molar-refractivity contribution >= 4 is 54.9 Å².